The number of allylic oxidation sites excluding steroid dienone is 2. The molecule has 0 atom stereocenters. The molecule has 7 nitrogen and oxygen atoms in total. The molecule has 0 bridgehead atoms. The van der Waals surface area contributed by atoms with Crippen molar-refractivity contribution in [2.45, 2.75) is 180 Å². The van der Waals surface area contributed by atoms with Crippen LogP contribution >= 0.6 is 0 Å². The number of nitrogens with one attached hydrogen (secondary N) is 1. The Hall–Kier alpha value is -2.15. The fourth-order valence-electron chi connectivity index (χ4n) is 5.47. The molecule has 0 radical (unpaired) electrons. The van der Waals surface area contributed by atoms with E-state index in [9.17, 15) is 14.4 Å². The highest BCUT2D eigenvalue weighted by Gasteiger charge is 2.13. The third kappa shape index (κ3) is 35.0. The molecule has 0 saturated carbocycles. The van der Waals surface area contributed by atoms with E-state index in [1.807, 2.05) is 31.1 Å². The SMILES string of the molecule is CCCCCC/C=C\COC(=O)CCCCCCCC(CCCCCCCC(=O)OC/C=C\CCCCCC)NC(=O)CCN(C)C. The monoisotopic (exact) mass is 663 g/mol. The van der Waals surface area contributed by atoms with Crippen LogP contribution in [0.1, 0.15) is 174 Å². The van der Waals surface area contributed by atoms with Crippen LogP contribution in [0.3, 0.4) is 0 Å². The van der Waals surface area contributed by atoms with E-state index in [0.29, 0.717) is 32.5 Å². The molecule has 0 aliphatic heterocycles. The van der Waals surface area contributed by atoms with Gasteiger partial charge in [0.1, 0.15) is 13.2 Å². The topological polar surface area (TPSA) is 84.9 Å². The van der Waals surface area contributed by atoms with Gasteiger partial charge in [0.05, 0.1) is 0 Å². The third-order valence-corrected chi connectivity index (χ3v) is 8.48. The zero-order valence-corrected chi connectivity index (χ0v) is 31.2. The van der Waals surface area contributed by atoms with E-state index < -0.39 is 0 Å². The fraction of sp³-hybridized carbons (Fsp3) is 0.825. The van der Waals surface area contributed by atoms with Gasteiger partial charge < -0.3 is 19.7 Å². The number of carbonyl (C=O) groups is 3. The number of amides is 1. The highest BCUT2D eigenvalue weighted by Crippen LogP contribution is 2.15. The van der Waals surface area contributed by atoms with E-state index in [1.165, 1.54) is 51.4 Å². The standard InChI is InChI=1S/C40H74N2O5/c1-5-7-9-11-13-21-27-35-46-39(44)31-25-19-15-17-23-29-37(41-38(43)33-34-42(3)4)30-24-18-16-20-26-32-40(45)47-36-28-22-14-12-10-8-6-2/h21-22,27-28,37H,5-20,23-26,29-36H2,1-4H3,(H,41,43)/b27-21-,28-22-. The van der Waals surface area contributed by atoms with Crippen LogP contribution in [-0.2, 0) is 23.9 Å². The van der Waals surface area contributed by atoms with Crippen molar-refractivity contribution in [2.24, 2.45) is 0 Å². The van der Waals surface area contributed by atoms with E-state index in [2.05, 4.69) is 31.3 Å². The van der Waals surface area contributed by atoms with Gasteiger partial charge >= 0.3 is 11.9 Å². The van der Waals surface area contributed by atoms with Gasteiger partial charge in [-0.15, -0.1) is 0 Å². The molecule has 0 saturated heterocycles. The maximum atomic E-state index is 12.5. The van der Waals surface area contributed by atoms with Crippen molar-refractivity contribution in [1.82, 2.24) is 10.2 Å². The molecule has 0 aromatic rings. The molecular formula is C40H74N2O5. The average molecular weight is 663 g/mol. The molecular weight excluding hydrogens is 588 g/mol. The first-order valence-electron chi connectivity index (χ1n) is 19.4. The fourth-order valence-corrected chi connectivity index (χ4v) is 5.47. The van der Waals surface area contributed by atoms with Gasteiger partial charge in [0, 0.05) is 31.8 Å². The van der Waals surface area contributed by atoms with Crippen LogP contribution in [-0.4, -0.2) is 62.6 Å². The minimum absolute atomic E-state index is 0.0997. The van der Waals surface area contributed by atoms with Crippen LogP contribution in [0, 0.1) is 0 Å². The maximum absolute atomic E-state index is 12.5. The first kappa shape index (κ1) is 44.9. The summed E-state index contributed by atoms with van der Waals surface area (Å²) < 4.78 is 10.6. The van der Waals surface area contributed by atoms with Gasteiger partial charge in [-0.3, -0.25) is 14.4 Å². The van der Waals surface area contributed by atoms with E-state index in [4.69, 9.17) is 9.47 Å². The zero-order valence-electron chi connectivity index (χ0n) is 31.2. The number of nitrogens with zero attached hydrogens (tertiary/aromatic N) is 1. The lowest BCUT2D eigenvalue weighted by molar-refractivity contribution is -0.143. The Morgan fingerprint density at radius 2 is 0.979 bits per heavy atom. The Morgan fingerprint density at radius 3 is 1.43 bits per heavy atom. The first-order chi connectivity index (χ1) is 22.9. The lowest BCUT2D eigenvalue weighted by atomic mass is 9.99. The second-order valence-electron chi connectivity index (χ2n) is 13.4. The maximum Gasteiger partial charge on any atom is 0.306 e. The summed E-state index contributed by atoms with van der Waals surface area (Å²) in [6, 6.07) is 0.217. The molecule has 0 unspecified atom stereocenters. The van der Waals surface area contributed by atoms with Crippen molar-refractivity contribution in [2.75, 3.05) is 33.9 Å². The van der Waals surface area contributed by atoms with Crippen molar-refractivity contribution in [3.63, 3.8) is 0 Å². The van der Waals surface area contributed by atoms with Crippen molar-refractivity contribution in [3.8, 4) is 0 Å². The van der Waals surface area contributed by atoms with E-state index in [1.54, 1.807) is 0 Å². The highest BCUT2D eigenvalue weighted by atomic mass is 16.5. The molecule has 0 aliphatic carbocycles. The Labute approximate surface area is 290 Å². The molecule has 274 valence electrons. The number of ether oxygens (including phenoxy) is 2. The van der Waals surface area contributed by atoms with Crippen LogP contribution in [0.15, 0.2) is 24.3 Å². The summed E-state index contributed by atoms with van der Waals surface area (Å²) in [5.74, 6) is -0.0620. The quantitative estimate of drug-likeness (QED) is 0.0419. The zero-order chi connectivity index (χ0) is 34.6. The number of carbonyl (C=O) groups excluding carboxylic acids is 3. The summed E-state index contributed by atoms with van der Waals surface area (Å²) in [6.07, 6.45) is 34.3. The predicted octanol–water partition coefficient (Wildman–Crippen LogP) is 10.0. The number of rotatable bonds is 34. The Kier molecular flexibility index (Phi) is 33.6. The van der Waals surface area contributed by atoms with Crippen molar-refractivity contribution >= 4 is 17.8 Å². The second-order valence-corrected chi connectivity index (χ2v) is 13.4. The van der Waals surface area contributed by atoms with Crippen molar-refractivity contribution in [1.29, 1.82) is 0 Å². The van der Waals surface area contributed by atoms with Gasteiger partial charge in [-0.25, -0.2) is 0 Å². The van der Waals surface area contributed by atoms with Crippen LogP contribution in [0.4, 0.5) is 0 Å². The van der Waals surface area contributed by atoms with Crippen LogP contribution in [0.5, 0.6) is 0 Å². The first-order valence-corrected chi connectivity index (χ1v) is 19.4. The normalized spacial score (nSPS) is 11.7. The molecule has 0 spiro atoms. The number of esters is 2. The summed E-state index contributed by atoms with van der Waals surface area (Å²) in [7, 11) is 3.98. The Bertz CT molecular complexity index is 743. The Balaban J connectivity index is 4.06. The summed E-state index contributed by atoms with van der Waals surface area (Å²) in [5.41, 5.74) is 0. The van der Waals surface area contributed by atoms with Crippen molar-refractivity contribution < 1.29 is 23.9 Å². The van der Waals surface area contributed by atoms with Gasteiger partial charge in [-0.2, -0.15) is 0 Å². The van der Waals surface area contributed by atoms with Gasteiger partial charge in [-0.1, -0.05) is 128 Å². The minimum Gasteiger partial charge on any atom is -0.461 e. The number of unbranched alkanes of at least 4 members (excludes halogenated alkanes) is 16. The number of hydrogen-bond donors (Lipinski definition) is 1. The minimum atomic E-state index is -0.0997. The summed E-state index contributed by atoms with van der Waals surface area (Å²) in [4.78, 5) is 38.5. The molecule has 1 N–H and O–H groups in total. The van der Waals surface area contributed by atoms with E-state index >= 15 is 0 Å². The summed E-state index contributed by atoms with van der Waals surface area (Å²) in [5, 5.41) is 3.29. The van der Waals surface area contributed by atoms with Gasteiger partial charge in [0.2, 0.25) is 5.91 Å². The molecule has 0 aromatic heterocycles. The van der Waals surface area contributed by atoms with Crippen LogP contribution in [0.25, 0.3) is 0 Å². The Morgan fingerprint density at radius 1 is 0.553 bits per heavy atom. The molecule has 0 rings (SSSR count). The van der Waals surface area contributed by atoms with Crippen LogP contribution in [0.2, 0.25) is 0 Å². The molecule has 0 heterocycles. The molecule has 7 heteroatoms. The molecule has 0 aliphatic rings. The summed E-state index contributed by atoms with van der Waals surface area (Å²) >= 11 is 0. The highest BCUT2D eigenvalue weighted by molar-refractivity contribution is 5.76. The average Bonchev–Trinajstić information content (AvgIpc) is 3.05. The molecule has 1 amide bonds. The predicted molar refractivity (Wildman–Crippen MR) is 197 cm³/mol. The van der Waals surface area contributed by atoms with Gasteiger partial charge in [-0.05, 0) is 65.5 Å². The summed E-state index contributed by atoms with van der Waals surface area (Å²) in [6.45, 7) is 5.97. The van der Waals surface area contributed by atoms with Gasteiger partial charge in [0.15, 0.2) is 0 Å². The van der Waals surface area contributed by atoms with E-state index in [0.717, 1.165) is 96.4 Å². The van der Waals surface area contributed by atoms with Crippen molar-refractivity contribution in [3.05, 3.63) is 24.3 Å². The lowest BCUT2D eigenvalue weighted by Gasteiger charge is -2.20. The third-order valence-electron chi connectivity index (χ3n) is 8.48. The van der Waals surface area contributed by atoms with Crippen LogP contribution < -0.4 is 5.32 Å². The number of hydrogen-bond acceptors (Lipinski definition) is 6. The largest absolute Gasteiger partial charge is 0.461 e. The molecule has 0 aromatic carbocycles. The van der Waals surface area contributed by atoms with E-state index in [-0.39, 0.29) is 23.9 Å². The molecule has 47 heavy (non-hydrogen) atoms. The molecule has 0 fully saturated rings. The lowest BCUT2D eigenvalue weighted by Crippen LogP contribution is -2.36. The smallest absolute Gasteiger partial charge is 0.306 e. The second kappa shape index (κ2) is 35.2. The van der Waals surface area contributed by atoms with Gasteiger partial charge in [0.25, 0.3) is 0 Å².